The van der Waals surface area contributed by atoms with Gasteiger partial charge in [-0.2, -0.15) is 0 Å². The molecule has 0 radical (unpaired) electrons. The van der Waals surface area contributed by atoms with Crippen LogP contribution >= 0.6 is 12.4 Å². The van der Waals surface area contributed by atoms with Gasteiger partial charge in [0, 0.05) is 6.04 Å². The summed E-state index contributed by atoms with van der Waals surface area (Å²) in [5.74, 6) is 2.17. The zero-order valence-electron chi connectivity index (χ0n) is 5.76. The lowest BCUT2D eigenvalue weighted by Crippen LogP contribution is -2.27. The van der Waals surface area contributed by atoms with Gasteiger partial charge in [0.1, 0.15) is 0 Å². The Morgan fingerprint density at radius 1 is 1.22 bits per heavy atom. The molecule has 0 spiro atoms. The van der Waals surface area contributed by atoms with E-state index in [-0.39, 0.29) is 12.4 Å². The van der Waals surface area contributed by atoms with Crippen molar-refractivity contribution in [3.8, 4) is 0 Å². The molecule has 0 aliphatic heterocycles. The van der Waals surface area contributed by atoms with Crippen LogP contribution in [-0.4, -0.2) is 13.1 Å². The van der Waals surface area contributed by atoms with Gasteiger partial charge in [0.2, 0.25) is 0 Å². The highest BCUT2D eigenvalue weighted by atomic mass is 35.5. The van der Waals surface area contributed by atoms with E-state index < -0.39 is 0 Å². The number of halogens is 1. The Morgan fingerprint density at radius 3 is 2.11 bits per heavy atom. The van der Waals surface area contributed by atoms with E-state index in [0.717, 1.165) is 17.9 Å². The summed E-state index contributed by atoms with van der Waals surface area (Å²) < 4.78 is 0. The molecule has 0 aromatic rings. The van der Waals surface area contributed by atoms with Crippen molar-refractivity contribution >= 4 is 12.4 Å². The zero-order chi connectivity index (χ0) is 5.56. The molecule has 1 unspecified atom stereocenters. The molecule has 3 saturated carbocycles. The van der Waals surface area contributed by atoms with Crippen LogP contribution in [0, 0.1) is 11.8 Å². The largest absolute Gasteiger partial charge is 0.317 e. The monoisotopic (exact) mass is 147 g/mol. The summed E-state index contributed by atoms with van der Waals surface area (Å²) in [6, 6.07) is 0.889. The van der Waals surface area contributed by atoms with Crippen molar-refractivity contribution in [1.82, 2.24) is 5.32 Å². The Labute approximate surface area is 62.6 Å². The second-order valence-electron chi connectivity index (χ2n) is 3.23. The third-order valence-electron chi connectivity index (χ3n) is 2.80. The highest BCUT2D eigenvalue weighted by molar-refractivity contribution is 5.85. The molecule has 54 valence electrons. The molecule has 1 N–H and O–H groups in total. The molecule has 2 heteroatoms. The van der Waals surface area contributed by atoms with Gasteiger partial charge < -0.3 is 5.32 Å². The Hall–Kier alpha value is 0.250. The Kier molecular flexibility index (Phi) is 2.02. The van der Waals surface area contributed by atoms with Gasteiger partial charge in [-0.05, 0) is 38.1 Å². The predicted octanol–water partition coefficient (Wildman–Crippen LogP) is 1.43. The number of hydrogen-bond donors (Lipinski definition) is 1. The van der Waals surface area contributed by atoms with E-state index >= 15 is 0 Å². The number of rotatable bonds is 1. The third kappa shape index (κ3) is 0.968. The first-order valence-electron chi connectivity index (χ1n) is 3.57. The minimum Gasteiger partial charge on any atom is -0.317 e. The van der Waals surface area contributed by atoms with Crippen molar-refractivity contribution in [3.05, 3.63) is 0 Å². The van der Waals surface area contributed by atoms with Crippen LogP contribution < -0.4 is 5.32 Å². The minimum atomic E-state index is 0. The zero-order valence-corrected chi connectivity index (χ0v) is 6.58. The fraction of sp³-hybridized carbons (Fsp3) is 1.00. The molecule has 3 aliphatic carbocycles. The summed E-state index contributed by atoms with van der Waals surface area (Å²) in [6.07, 6.45) is 4.50. The van der Waals surface area contributed by atoms with Crippen molar-refractivity contribution in [1.29, 1.82) is 0 Å². The minimum absolute atomic E-state index is 0. The van der Waals surface area contributed by atoms with E-state index in [1.165, 1.54) is 19.3 Å². The van der Waals surface area contributed by atoms with Gasteiger partial charge in [0.25, 0.3) is 0 Å². The van der Waals surface area contributed by atoms with E-state index in [0.29, 0.717) is 0 Å². The third-order valence-corrected chi connectivity index (χ3v) is 2.80. The molecule has 0 saturated heterocycles. The summed E-state index contributed by atoms with van der Waals surface area (Å²) >= 11 is 0. The van der Waals surface area contributed by atoms with Gasteiger partial charge in [-0.25, -0.2) is 0 Å². The second-order valence-corrected chi connectivity index (χ2v) is 3.23. The number of nitrogens with one attached hydrogen (secondary N) is 1. The summed E-state index contributed by atoms with van der Waals surface area (Å²) in [6.45, 7) is 0. The van der Waals surface area contributed by atoms with E-state index in [1.54, 1.807) is 0 Å². The van der Waals surface area contributed by atoms with Crippen molar-refractivity contribution < 1.29 is 0 Å². The summed E-state index contributed by atoms with van der Waals surface area (Å²) in [5, 5.41) is 3.36. The van der Waals surface area contributed by atoms with Crippen LogP contribution in [0.1, 0.15) is 19.3 Å². The summed E-state index contributed by atoms with van der Waals surface area (Å²) in [5.41, 5.74) is 0. The van der Waals surface area contributed by atoms with Crippen LogP contribution in [0.15, 0.2) is 0 Å². The van der Waals surface area contributed by atoms with Gasteiger partial charge >= 0.3 is 0 Å². The highest BCUT2D eigenvalue weighted by Crippen LogP contribution is 2.48. The van der Waals surface area contributed by atoms with Crippen molar-refractivity contribution in [3.63, 3.8) is 0 Å². The first-order chi connectivity index (χ1) is 3.90. The lowest BCUT2D eigenvalue weighted by molar-refractivity contribution is 0.286. The fourth-order valence-corrected chi connectivity index (χ4v) is 2.21. The molecule has 2 bridgehead atoms. The van der Waals surface area contributed by atoms with Crippen LogP contribution in [0.3, 0.4) is 0 Å². The predicted molar refractivity (Wildman–Crippen MR) is 40.9 cm³/mol. The van der Waals surface area contributed by atoms with Crippen molar-refractivity contribution in [2.24, 2.45) is 11.8 Å². The van der Waals surface area contributed by atoms with Gasteiger partial charge in [0.15, 0.2) is 0 Å². The molecule has 3 aliphatic rings. The molecule has 0 aromatic heterocycles. The van der Waals surface area contributed by atoms with Crippen molar-refractivity contribution in [2.45, 2.75) is 25.3 Å². The maximum Gasteiger partial charge on any atom is 0.00951 e. The molecule has 1 nitrogen and oxygen atoms in total. The molecule has 9 heavy (non-hydrogen) atoms. The van der Waals surface area contributed by atoms with E-state index in [4.69, 9.17) is 0 Å². The number of hydrogen-bond acceptors (Lipinski definition) is 1. The average molecular weight is 148 g/mol. The van der Waals surface area contributed by atoms with Gasteiger partial charge in [-0.1, -0.05) is 0 Å². The summed E-state index contributed by atoms with van der Waals surface area (Å²) in [7, 11) is 2.09. The molecule has 0 aromatic carbocycles. The van der Waals surface area contributed by atoms with Crippen LogP contribution in [0.25, 0.3) is 0 Å². The Balaban J connectivity index is 0.000000405. The molecule has 3 fully saturated rings. The maximum absolute atomic E-state index is 3.36. The van der Waals surface area contributed by atoms with Crippen LogP contribution in [0.4, 0.5) is 0 Å². The Bertz CT molecular complexity index is 99.1. The second kappa shape index (κ2) is 2.47. The van der Waals surface area contributed by atoms with Crippen LogP contribution in [0.5, 0.6) is 0 Å². The van der Waals surface area contributed by atoms with Gasteiger partial charge in [-0.15, -0.1) is 12.4 Å². The standard InChI is InChI=1S/C7H13N.ClH/c1-8-7-4-5-2-6(7)3-5;/h5-8H,2-4H2,1H3;1H. The molecular formula is C7H14ClN. The van der Waals surface area contributed by atoms with E-state index in [1.807, 2.05) is 0 Å². The lowest BCUT2D eigenvalue weighted by atomic mass is 9.84. The lowest BCUT2D eigenvalue weighted by Gasteiger charge is -2.23. The first kappa shape index (κ1) is 7.36. The Morgan fingerprint density at radius 2 is 1.89 bits per heavy atom. The first-order valence-corrected chi connectivity index (χ1v) is 3.57. The summed E-state index contributed by atoms with van der Waals surface area (Å²) in [4.78, 5) is 0. The topological polar surface area (TPSA) is 12.0 Å². The highest BCUT2D eigenvalue weighted by Gasteiger charge is 2.43. The molecule has 3 rings (SSSR count). The SMILES string of the molecule is CNC1CC2CC1C2.Cl. The smallest absolute Gasteiger partial charge is 0.00951 e. The van der Waals surface area contributed by atoms with Crippen LogP contribution in [0.2, 0.25) is 0 Å². The molecule has 0 heterocycles. The fourth-order valence-electron chi connectivity index (χ4n) is 2.21. The van der Waals surface area contributed by atoms with Crippen molar-refractivity contribution in [2.75, 3.05) is 7.05 Å². The average Bonchev–Trinajstić information content (AvgIpc) is 2.15. The van der Waals surface area contributed by atoms with Gasteiger partial charge in [-0.3, -0.25) is 0 Å². The molecule has 1 atom stereocenters. The molecular weight excluding hydrogens is 134 g/mol. The normalized spacial score (nSPS) is 45.7. The molecule has 0 amide bonds. The number of fused-ring (bicyclic) bond motifs is 1. The van der Waals surface area contributed by atoms with E-state index in [2.05, 4.69) is 12.4 Å². The quantitative estimate of drug-likeness (QED) is 0.592. The van der Waals surface area contributed by atoms with Crippen LogP contribution in [-0.2, 0) is 0 Å². The van der Waals surface area contributed by atoms with E-state index in [9.17, 15) is 0 Å². The maximum atomic E-state index is 3.36. The van der Waals surface area contributed by atoms with Gasteiger partial charge in [0.05, 0.1) is 0 Å².